The summed E-state index contributed by atoms with van der Waals surface area (Å²) in [4.78, 5) is 14.2. The maximum Gasteiger partial charge on any atom is 0.259 e. The number of carbonyl (C=O) groups is 1. The van der Waals surface area contributed by atoms with E-state index in [2.05, 4.69) is 10.2 Å². The van der Waals surface area contributed by atoms with Crippen LogP contribution in [0.1, 0.15) is 21.7 Å². The average molecular weight is 258 g/mol. The fraction of sp³-hybridized carbons (Fsp3) is 0.267. The van der Waals surface area contributed by atoms with E-state index < -0.39 is 0 Å². The molecule has 1 heterocycles. The van der Waals surface area contributed by atoms with Crippen molar-refractivity contribution >= 4 is 11.6 Å². The number of aryl methyl sites for hydroxylation is 1. The molecule has 0 aliphatic carbocycles. The molecule has 100 valence electrons. The molecule has 0 aliphatic rings. The molecule has 4 heteroatoms. The Kier molecular flexibility index (Phi) is 4.02. The van der Waals surface area contributed by atoms with Gasteiger partial charge < -0.3 is 14.6 Å². The molecule has 0 bridgehead atoms. The van der Waals surface area contributed by atoms with Crippen LogP contribution in [0.4, 0.5) is 5.69 Å². The first kappa shape index (κ1) is 13.4. The van der Waals surface area contributed by atoms with Gasteiger partial charge in [0.1, 0.15) is 5.76 Å². The van der Waals surface area contributed by atoms with Crippen molar-refractivity contribution in [3.8, 4) is 0 Å². The molecule has 1 N–H and O–H groups in total. The molecular formula is C15H18N2O2. The maximum atomic E-state index is 12.1. The minimum absolute atomic E-state index is 0.141. The number of rotatable bonds is 4. The molecule has 0 atom stereocenters. The molecule has 2 rings (SSSR count). The lowest BCUT2D eigenvalue weighted by atomic mass is 10.1. The Morgan fingerprint density at radius 3 is 2.63 bits per heavy atom. The summed E-state index contributed by atoms with van der Waals surface area (Å²) in [5, 5.41) is 2.93. The van der Waals surface area contributed by atoms with Crippen LogP contribution in [0.2, 0.25) is 0 Å². The summed E-state index contributed by atoms with van der Waals surface area (Å²) in [6.07, 6.45) is 1.52. The van der Waals surface area contributed by atoms with Crippen LogP contribution in [-0.2, 0) is 6.54 Å². The van der Waals surface area contributed by atoms with Gasteiger partial charge in [0.15, 0.2) is 0 Å². The number of hydrogen-bond donors (Lipinski definition) is 1. The second-order valence-corrected chi connectivity index (χ2v) is 4.74. The zero-order valence-electron chi connectivity index (χ0n) is 11.4. The van der Waals surface area contributed by atoms with Gasteiger partial charge in [-0.1, -0.05) is 18.2 Å². The highest BCUT2D eigenvalue weighted by molar-refractivity contribution is 6.05. The molecular weight excluding hydrogens is 240 g/mol. The Hall–Kier alpha value is -2.07. The fourth-order valence-corrected chi connectivity index (χ4v) is 1.93. The van der Waals surface area contributed by atoms with Crippen molar-refractivity contribution < 1.29 is 9.21 Å². The van der Waals surface area contributed by atoms with E-state index in [4.69, 9.17) is 4.42 Å². The molecule has 0 aliphatic heterocycles. The van der Waals surface area contributed by atoms with Crippen molar-refractivity contribution in [3.63, 3.8) is 0 Å². The lowest BCUT2D eigenvalue weighted by Gasteiger charge is -2.14. The van der Waals surface area contributed by atoms with Gasteiger partial charge in [-0.3, -0.25) is 4.79 Å². The molecule has 0 fully saturated rings. The number of nitrogens with one attached hydrogen (secondary N) is 1. The van der Waals surface area contributed by atoms with E-state index in [-0.39, 0.29) is 5.91 Å². The number of nitrogens with zero attached hydrogens (tertiary/aromatic N) is 1. The van der Waals surface area contributed by atoms with Crippen molar-refractivity contribution in [2.24, 2.45) is 0 Å². The van der Waals surface area contributed by atoms with Crippen LogP contribution in [-0.4, -0.2) is 24.9 Å². The van der Waals surface area contributed by atoms with Crippen LogP contribution in [0.3, 0.4) is 0 Å². The molecule has 0 spiro atoms. The molecule has 19 heavy (non-hydrogen) atoms. The Balaban J connectivity index is 2.19. The van der Waals surface area contributed by atoms with Crippen molar-refractivity contribution in [1.82, 2.24) is 4.90 Å². The van der Waals surface area contributed by atoms with E-state index in [1.165, 1.54) is 6.26 Å². The van der Waals surface area contributed by atoms with Gasteiger partial charge in [0.05, 0.1) is 11.8 Å². The third-order valence-electron chi connectivity index (χ3n) is 2.86. The normalized spacial score (nSPS) is 10.7. The van der Waals surface area contributed by atoms with Gasteiger partial charge in [0.25, 0.3) is 5.91 Å². The Labute approximate surface area is 113 Å². The summed E-state index contributed by atoms with van der Waals surface area (Å²) < 4.78 is 5.15. The maximum absolute atomic E-state index is 12.1. The molecule has 1 aromatic carbocycles. The summed E-state index contributed by atoms with van der Waals surface area (Å²) in [5.74, 6) is 0.486. The second kappa shape index (κ2) is 5.71. The number of para-hydroxylation sites is 1. The highest BCUT2D eigenvalue weighted by atomic mass is 16.3. The largest absolute Gasteiger partial charge is 0.469 e. The Morgan fingerprint density at radius 2 is 2.00 bits per heavy atom. The van der Waals surface area contributed by atoms with Crippen LogP contribution < -0.4 is 5.32 Å². The number of hydrogen-bond acceptors (Lipinski definition) is 3. The lowest BCUT2D eigenvalue weighted by molar-refractivity contribution is 0.102. The quantitative estimate of drug-likeness (QED) is 0.917. The van der Waals surface area contributed by atoms with Gasteiger partial charge >= 0.3 is 0 Å². The zero-order chi connectivity index (χ0) is 13.8. The number of carbonyl (C=O) groups excluding carboxylic acids is 1. The Morgan fingerprint density at radius 1 is 1.26 bits per heavy atom. The summed E-state index contributed by atoms with van der Waals surface area (Å²) in [7, 11) is 4.00. The predicted octanol–water partition coefficient (Wildman–Crippen LogP) is 2.90. The first-order chi connectivity index (χ1) is 9.08. The van der Waals surface area contributed by atoms with E-state index >= 15 is 0 Å². The number of anilines is 1. The molecule has 1 aromatic heterocycles. The number of amides is 1. The fourth-order valence-electron chi connectivity index (χ4n) is 1.93. The van der Waals surface area contributed by atoms with Crippen LogP contribution >= 0.6 is 0 Å². The highest BCUT2D eigenvalue weighted by Crippen LogP contribution is 2.18. The molecule has 4 nitrogen and oxygen atoms in total. The van der Waals surface area contributed by atoms with Gasteiger partial charge in [-0.15, -0.1) is 0 Å². The monoisotopic (exact) mass is 258 g/mol. The zero-order valence-corrected chi connectivity index (χ0v) is 11.4. The highest BCUT2D eigenvalue weighted by Gasteiger charge is 2.13. The smallest absolute Gasteiger partial charge is 0.259 e. The molecule has 0 saturated heterocycles. The first-order valence-corrected chi connectivity index (χ1v) is 6.16. The van der Waals surface area contributed by atoms with E-state index in [1.807, 2.05) is 38.4 Å². The van der Waals surface area contributed by atoms with Crippen molar-refractivity contribution in [3.05, 3.63) is 53.5 Å². The summed E-state index contributed by atoms with van der Waals surface area (Å²) >= 11 is 0. The summed E-state index contributed by atoms with van der Waals surface area (Å²) in [5.41, 5.74) is 2.49. The van der Waals surface area contributed by atoms with Crippen LogP contribution in [0.15, 0.2) is 41.0 Å². The van der Waals surface area contributed by atoms with Crippen LogP contribution in [0, 0.1) is 6.92 Å². The number of furan rings is 1. The topological polar surface area (TPSA) is 45.5 Å². The second-order valence-electron chi connectivity index (χ2n) is 4.74. The standard InChI is InChI=1S/C15H18N2O2/c1-11-13(8-9-19-11)15(18)16-14-7-5-4-6-12(14)10-17(2)3/h4-9H,10H2,1-3H3,(H,16,18). The van der Waals surface area contributed by atoms with E-state index in [0.29, 0.717) is 11.3 Å². The summed E-state index contributed by atoms with van der Waals surface area (Å²) in [6, 6.07) is 9.48. The molecule has 0 radical (unpaired) electrons. The first-order valence-electron chi connectivity index (χ1n) is 6.16. The summed E-state index contributed by atoms with van der Waals surface area (Å²) in [6.45, 7) is 2.56. The van der Waals surface area contributed by atoms with Gasteiger partial charge in [-0.05, 0) is 38.7 Å². The minimum Gasteiger partial charge on any atom is -0.469 e. The SMILES string of the molecule is Cc1occc1C(=O)Nc1ccccc1CN(C)C. The van der Waals surface area contributed by atoms with Crippen molar-refractivity contribution in [1.29, 1.82) is 0 Å². The third kappa shape index (κ3) is 3.23. The molecule has 1 amide bonds. The molecule has 0 unspecified atom stereocenters. The van der Waals surface area contributed by atoms with E-state index in [9.17, 15) is 4.79 Å². The number of benzene rings is 1. The van der Waals surface area contributed by atoms with E-state index in [1.54, 1.807) is 13.0 Å². The van der Waals surface area contributed by atoms with Gasteiger partial charge in [0.2, 0.25) is 0 Å². The van der Waals surface area contributed by atoms with Gasteiger partial charge in [0, 0.05) is 12.2 Å². The molecule has 0 saturated carbocycles. The lowest BCUT2D eigenvalue weighted by Crippen LogP contribution is -2.16. The Bertz CT molecular complexity index is 573. The van der Waals surface area contributed by atoms with Crippen LogP contribution in [0.5, 0.6) is 0 Å². The van der Waals surface area contributed by atoms with Gasteiger partial charge in [-0.25, -0.2) is 0 Å². The van der Waals surface area contributed by atoms with Crippen LogP contribution in [0.25, 0.3) is 0 Å². The molecule has 2 aromatic rings. The third-order valence-corrected chi connectivity index (χ3v) is 2.86. The van der Waals surface area contributed by atoms with Gasteiger partial charge in [-0.2, -0.15) is 0 Å². The van der Waals surface area contributed by atoms with Crippen molar-refractivity contribution in [2.75, 3.05) is 19.4 Å². The minimum atomic E-state index is -0.141. The predicted molar refractivity (Wildman–Crippen MR) is 75.2 cm³/mol. The van der Waals surface area contributed by atoms with Crippen molar-refractivity contribution in [2.45, 2.75) is 13.5 Å². The van der Waals surface area contributed by atoms with E-state index in [0.717, 1.165) is 17.8 Å². The average Bonchev–Trinajstić information content (AvgIpc) is 2.77.